The van der Waals surface area contributed by atoms with Crippen LogP contribution in [0.1, 0.15) is 12.0 Å². The molecule has 0 saturated heterocycles. The van der Waals surface area contributed by atoms with E-state index in [0.717, 1.165) is 24.2 Å². The monoisotopic (exact) mass is 233 g/mol. The first-order valence-corrected chi connectivity index (χ1v) is 5.43. The molecule has 4 heteroatoms. The molecule has 0 atom stereocenters. The maximum absolute atomic E-state index is 5.36. The van der Waals surface area contributed by atoms with E-state index >= 15 is 0 Å². The van der Waals surface area contributed by atoms with Crippen molar-refractivity contribution in [3.05, 3.63) is 29.8 Å². The van der Waals surface area contributed by atoms with Gasteiger partial charge in [0.25, 0.3) is 0 Å². The van der Waals surface area contributed by atoms with Crippen LogP contribution < -0.4 is 16.4 Å². The quantitative estimate of drug-likeness (QED) is 0.418. The lowest BCUT2D eigenvalue weighted by Gasteiger charge is -2.02. The predicted molar refractivity (Wildman–Crippen MR) is 72.3 cm³/mol. The summed E-state index contributed by atoms with van der Waals surface area (Å²) in [6.45, 7) is 0.911. The van der Waals surface area contributed by atoms with Gasteiger partial charge in [-0.25, -0.2) is 0 Å². The van der Waals surface area contributed by atoms with E-state index in [1.165, 1.54) is 0 Å². The van der Waals surface area contributed by atoms with Crippen LogP contribution in [0.4, 0.5) is 5.69 Å². The molecule has 0 unspecified atom stereocenters. The van der Waals surface area contributed by atoms with Crippen LogP contribution in [0.3, 0.4) is 0 Å². The minimum Gasteiger partial charge on any atom is -0.376 e. The Bertz CT molecular complexity index is 401. The summed E-state index contributed by atoms with van der Waals surface area (Å²) < 4.78 is 0. The van der Waals surface area contributed by atoms with Crippen molar-refractivity contribution in [2.24, 2.45) is 5.73 Å². The third-order valence-electron chi connectivity index (χ3n) is 1.89. The van der Waals surface area contributed by atoms with E-state index < -0.39 is 0 Å². The first-order chi connectivity index (χ1) is 7.72. The van der Waals surface area contributed by atoms with Crippen LogP contribution in [0.5, 0.6) is 0 Å². The van der Waals surface area contributed by atoms with Gasteiger partial charge in [-0.15, -0.1) is 0 Å². The molecule has 0 bridgehead atoms. The summed E-state index contributed by atoms with van der Waals surface area (Å²) in [5, 5.41) is 6.17. The van der Waals surface area contributed by atoms with E-state index in [2.05, 4.69) is 22.5 Å². The second-order valence-corrected chi connectivity index (χ2v) is 3.66. The van der Waals surface area contributed by atoms with Gasteiger partial charge >= 0.3 is 0 Å². The second-order valence-electron chi connectivity index (χ2n) is 3.22. The van der Waals surface area contributed by atoms with Crippen LogP contribution in [0.15, 0.2) is 24.3 Å². The maximum atomic E-state index is 5.36. The highest BCUT2D eigenvalue weighted by Crippen LogP contribution is 2.08. The first kappa shape index (κ1) is 12.5. The summed E-state index contributed by atoms with van der Waals surface area (Å²) in [5.74, 6) is 6.16. The fourth-order valence-corrected chi connectivity index (χ4v) is 1.25. The third kappa shape index (κ3) is 4.78. The minimum absolute atomic E-state index is 0.271. The highest BCUT2D eigenvalue weighted by Gasteiger charge is 1.92. The normalized spacial score (nSPS) is 9.06. The number of nitrogens with one attached hydrogen (secondary N) is 2. The fraction of sp³-hybridized carbons (Fsp3) is 0.250. The van der Waals surface area contributed by atoms with Gasteiger partial charge < -0.3 is 16.4 Å². The van der Waals surface area contributed by atoms with Crippen molar-refractivity contribution in [1.82, 2.24) is 5.32 Å². The molecule has 0 fully saturated rings. The molecule has 0 heterocycles. The van der Waals surface area contributed by atoms with Gasteiger partial charge in [0, 0.05) is 24.2 Å². The van der Waals surface area contributed by atoms with Crippen molar-refractivity contribution >= 4 is 23.0 Å². The highest BCUT2D eigenvalue weighted by atomic mass is 32.1. The number of thiocarbonyl (C=S) groups is 1. The largest absolute Gasteiger partial charge is 0.376 e. The van der Waals surface area contributed by atoms with Gasteiger partial charge in [0.1, 0.15) is 0 Å². The third-order valence-corrected chi connectivity index (χ3v) is 1.99. The summed E-state index contributed by atoms with van der Waals surface area (Å²) in [4.78, 5) is 0. The van der Waals surface area contributed by atoms with E-state index in [1.807, 2.05) is 31.3 Å². The molecule has 4 N–H and O–H groups in total. The molecule has 0 aromatic heterocycles. The summed E-state index contributed by atoms with van der Waals surface area (Å²) in [6, 6.07) is 7.68. The van der Waals surface area contributed by atoms with Crippen molar-refractivity contribution in [2.75, 3.05) is 18.9 Å². The molecular formula is C12H15N3S. The van der Waals surface area contributed by atoms with E-state index in [9.17, 15) is 0 Å². The van der Waals surface area contributed by atoms with E-state index in [1.54, 1.807) is 0 Å². The van der Waals surface area contributed by atoms with Gasteiger partial charge in [0.05, 0.1) is 0 Å². The molecule has 0 spiro atoms. The van der Waals surface area contributed by atoms with Crippen LogP contribution in [0, 0.1) is 11.8 Å². The van der Waals surface area contributed by atoms with Crippen molar-refractivity contribution in [2.45, 2.75) is 6.42 Å². The van der Waals surface area contributed by atoms with E-state index in [-0.39, 0.29) is 5.11 Å². The molecule has 0 radical (unpaired) electrons. The van der Waals surface area contributed by atoms with Gasteiger partial charge in [0.15, 0.2) is 5.11 Å². The van der Waals surface area contributed by atoms with Gasteiger partial charge in [0.2, 0.25) is 0 Å². The Morgan fingerprint density at radius 2 is 2.06 bits per heavy atom. The van der Waals surface area contributed by atoms with Crippen molar-refractivity contribution in [3.8, 4) is 11.8 Å². The topological polar surface area (TPSA) is 50.1 Å². The number of rotatable bonds is 3. The van der Waals surface area contributed by atoms with Gasteiger partial charge in [-0.3, -0.25) is 0 Å². The lowest BCUT2D eigenvalue weighted by molar-refractivity contribution is 0.818. The SMILES string of the molecule is CNCCC#Cc1ccc(NC(N)=S)cc1. The summed E-state index contributed by atoms with van der Waals surface area (Å²) in [6.07, 6.45) is 0.851. The Morgan fingerprint density at radius 1 is 1.38 bits per heavy atom. The van der Waals surface area contributed by atoms with Crippen LogP contribution in [-0.4, -0.2) is 18.7 Å². The van der Waals surface area contributed by atoms with E-state index in [4.69, 9.17) is 18.0 Å². The molecule has 0 amide bonds. The average Bonchev–Trinajstić information content (AvgIpc) is 2.26. The number of nitrogens with two attached hydrogens (primary N) is 1. The molecule has 0 saturated carbocycles. The van der Waals surface area contributed by atoms with Crippen LogP contribution >= 0.6 is 12.2 Å². The van der Waals surface area contributed by atoms with Crippen molar-refractivity contribution in [1.29, 1.82) is 0 Å². The van der Waals surface area contributed by atoms with Gasteiger partial charge in [-0.2, -0.15) is 0 Å². The van der Waals surface area contributed by atoms with E-state index in [0.29, 0.717) is 0 Å². The van der Waals surface area contributed by atoms with Crippen LogP contribution in [0.25, 0.3) is 0 Å². The standard InChI is InChI=1S/C12H15N3S/c1-14-9-3-2-4-10-5-7-11(8-6-10)15-12(13)16/h5-8,14H,3,9H2,1H3,(H3,13,15,16). The Morgan fingerprint density at radius 3 is 2.62 bits per heavy atom. The zero-order chi connectivity index (χ0) is 11.8. The smallest absolute Gasteiger partial charge is 0.168 e. The molecule has 0 aliphatic carbocycles. The van der Waals surface area contributed by atoms with Gasteiger partial charge in [-0.1, -0.05) is 11.8 Å². The van der Waals surface area contributed by atoms with Crippen molar-refractivity contribution < 1.29 is 0 Å². The molecular weight excluding hydrogens is 218 g/mol. The summed E-state index contributed by atoms with van der Waals surface area (Å²) in [5.41, 5.74) is 7.23. The molecule has 1 rings (SSSR count). The molecule has 3 nitrogen and oxygen atoms in total. The molecule has 16 heavy (non-hydrogen) atoms. The van der Waals surface area contributed by atoms with Crippen molar-refractivity contribution in [3.63, 3.8) is 0 Å². The fourth-order valence-electron chi connectivity index (χ4n) is 1.13. The number of benzene rings is 1. The van der Waals surface area contributed by atoms with Crippen LogP contribution in [-0.2, 0) is 0 Å². The summed E-state index contributed by atoms with van der Waals surface area (Å²) >= 11 is 4.74. The zero-order valence-corrected chi connectivity index (χ0v) is 10.0. The summed E-state index contributed by atoms with van der Waals surface area (Å²) in [7, 11) is 1.91. The Balaban J connectivity index is 2.56. The Kier molecular flexibility index (Phi) is 5.34. The minimum atomic E-state index is 0.271. The average molecular weight is 233 g/mol. The molecule has 0 aliphatic heterocycles. The number of anilines is 1. The van der Waals surface area contributed by atoms with Gasteiger partial charge in [-0.05, 0) is 43.5 Å². The Hall–Kier alpha value is -1.57. The number of hydrogen-bond acceptors (Lipinski definition) is 2. The lowest BCUT2D eigenvalue weighted by Crippen LogP contribution is -2.18. The predicted octanol–water partition coefficient (Wildman–Crippen LogP) is 1.30. The molecule has 84 valence electrons. The zero-order valence-electron chi connectivity index (χ0n) is 9.21. The maximum Gasteiger partial charge on any atom is 0.168 e. The first-order valence-electron chi connectivity index (χ1n) is 5.02. The lowest BCUT2D eigenvalue weighted by atomic mass is 10.2. The Labute approximate surface area is 101 Å². The second kappa shape index (κ2) is 6.83. The molecule has 1 aromatic rings. The highest BCUT2D eigenvalue weighted by molar-refractivity contribution is 7.80. The molecule has 1 aromatic carbocycles. The molecule has 0 aliphatic rings. The van der Waals surface area contributed by atoms with Crippen LogP contribution in [0.2, 0.25) is 0 Å². The number of hydrogen-bond donors (Lipinski definition) is 3.